The van der Waals surface area contributed by atoms with Crippen LogP contribution in [0.5, 0.6) is 0 Å². The number of nitrogens with two attached hydrogens (primary N) is 2. The highest BCUT2D eigenvalue weighted by Crippen LogP contribution is 2.32. The van der Waals surface area contributed by atoms with Gasteiger partial charge in [0.25, 0.3) is 0 Å². The van der Waals surface area contributed by atoms with E-state index < -0.39 is 0 Å². The van der Waals surface area contributed by atoms with E-state index in [0.717, 1.165) is 36.9 Å². The van der Waals surface area contributed by atoms with E-state index in [-0.39, 0.29) is 17.7 Å². The molecule has 0 aliphatic rings. The van der Waals surface area contributed by atoms with Gasteiger partial charge in [-0.25, -0.2) is 0 Å². The number of halogens is 1. The lowest BCUT2D eigenvalue weighted by Gasteiger charge is -2.07. The predicted octanol–water partition coefficient (Wildman–Crippen LogP) is 4.24. The minimum atomic E-state index is -0.0933. The summed E-state index contributed by atoms with van der Waals surface area (Å²) in [7, 11) is 0. The molecule has 0 aliphatic carbocycles. The largest absolute Gasteiger partial charge is 0.367 e. The van der Waals surface area contributed by atoms with Gasteiger partial charge in [-0.1, -0.05) is 33.6 Å². The standard InChI is InChI=1S/C21H29ClN5O/c1-5-6-7-8-16-13-18(26(4)25-21(23)24)27(20(16)22)17-11-9-15(10-12-17)19(28)14(2)3/h9-14H,4-8H2,1-3H3,(H4,23,24,25)/q+1. The molecule has 0 unspecified atom stereocenters. The molecule has 0 bridgehead atoms. The Labute approximate surface area is 171 Å². The average Bonchev–Trinajstić information content (AvgIpc) is 2.97. The van der Waals surface area contributed by atoms with Crippen molar-refractivity contribution < 1.29 is 9.48 Å². The minimum absolute atomic E-state index is 0.0565. The number of nitrogens with zero attached hydrogens (tertiary/aromatic N) is 3. The molecule has 28 heavy (non-hydrogen) atoms. The highest BCUT2D eigenvalue weighted by molar-refractivity contribution is 6.31. The summed E-state index contributed by atoms with van der Waals surface area (Å²) in [6, 6.07) is 9.30. The normalized spacial score (nSPS) is 10.9. The molecule has 0 radical (unpaired) electrons. The predicted molar refractivity (Wildman–Crippen MR) is 116 cm³/mol. The van der Waals surface area contributed by atoms with Gasteiger partial charge in [-0.2, -0.15) is 4.57 Å². The number of guanidine groups is 1. The summed E-state index contributed by atoms with van der Waals surface area (Å²) in [5.41, 5.74) is 13.5. The summed E-state index contributed by atoms with van der Waals surface area (Å²) in [5, 5.41) is 4.61. The summed E-state index contributed by atoms with van der Waals surface area (Å²) < 4.78 is 3.20. The number of hydrazone groups is 1. The Morgan fingerprint density at radius 3 is 2.43 bits per heavy atom. The topological polar surface area (TPSA) is 89.4 Å². The van der Waals surface area contributed by atoms with Crippen LogP contribution < -0.4 is 11.5 Å². The lowest BCUT2D eigenvalue weighted by atomic mass is 10.0. The molecule has 0 saturated heterocycles. The number of aryl methyl sites for hydroxylation is 1. The van der Waals surface area contributed by atoms with E-state index in [1.54, 1.807) is 0 Å². The first-order valence-electron chi connectivity index (χ1n) is 9.51. The number of benzene rings is 1. The molecule has 1 aromatic carbocycles. The van der Waals surface area contributed by atoms with E-state index >= 15 is 0 Å². The van der Waals surface area contributed by atoms with E-state index in [1.807, 2.05) is 48.7 Å². The second kappa shape index (κ2) is 9.55. The maximum absolute atomic E-state index is 12.2. The third kappa shape index (κ3) is 5.01. The van der Waals surface area contributed by atoms with Crippen molar-refractivity contribution >= 4 is 35.9 Å². The van der Waals surface area contributed by atoms with Crippen LogP contribution in [0.1, 0.15) is 56.0 Å². The summed E-state index contributed by atoms with van der Waals surface area (Å²) in [6.07, 6.45) is 4.16. The smallest absolute Gasteiger partial charge is 0.313 e. The summed E-state index contributed by atoms with van der Waals surface area (Å²) in [5.74, 6) is 0.598. The number of Topliss-reactive ketones (excluding diaryl/α,β-unsaturated/α-hetero) is 1. The number of ketones is 1. The fourth-order valence-corrected chi connectivity index (χ4v) is 3.33. The molecule has 6 nitrogen and oxygen atoms in total. The van der Waals surface area contributed by atoms with Crippen molar-refractivity contribution in [1.82, 2.24) is 4.57 Å². The number of hydrogen-bond acceptors (Lipinski definition) is 2. The van der Waals surface area contributed by atoms with Gasteiger partial charge in [0.05, 0.1) is 6.72 Å². The molecule has 0 amide bonds. The van der Waals surface area contributed by atoms with Crippen molar-refractivity contribution in [2.45, 2.75) is 46.5 Å². The summed E-state index contributed by atoms with van der Waals surface area (Å²) in [6.45, 7) is 9.84. The van der Waals surface area contributed by atoms with Crippen molar-refractivity contribution in [3.8, 4) is 5.69 Å². The lowest BCUT2D eigenvalue weighted by molar-refractivity contribution is -0.441. The first-order chi connectivity index (χ1) is 13.3. The summed E-state index contributed by atoms with van der Waals surface area (Å²) >= 11 is 6.71. The Morgan fingerprint density at radius 2 is 1.89 bits per heavy atom. The molecular formula is C21H29ClN5O+. The van der Waals surface area contributed by atoms with Gasteiger partial charge < -0.3 is 11.5 Å². The van der Waals surface area contributed by atoms with Gasteiger partial charge in [0, 0.05) is 23.1 Å². The second-order valence-electron chi connectivity index (χ2n) is 7.10. The highest BCUT2D eigenvalue weighted by atomic mass is 35.5. The molecule has 7 heteroatoms. The monoisotopic (exact) mass is 402 g/mol. The van der Waals surface area contributed by atoms with Crippen LogP contribution in [0.3, 0.4) is 0 Å². The average molecular weight is 403 g/mol. The SMILES string of the molecule is C=[N+](N=C(N)N)c1cc(CCCCC)c(Cl)n1-c1ccc(C(=O)C(C)C)cc1. The van der Waals surface area contributed by atoms with E-state index in [2.05, 4.69) is 18.7 Å². The lowest BCUT2D eigenvalue weighted by Crippen LogP contribution is -2.24. The van der Waals surface area contributed by atoms with Gasteiger partial charge in [-0.05, 0) is 53.8 Å². The fourth-order valence-electron chi connectivity index (χ4n) is 3.00. The van der Waals surface area contributed by atoms with E-state index in [4.69, 9.17) is 23.1 Å². The molecule has 1 aromatic heterocycles. The zero-order valence-electron chi connectivity index (χ0n) is 16.8. The molecular weight excluding hydrogens is 374 g/mol. The van der Waals surface area contributed by atoms with Gasteiger partial charge in [0.1, 0.15) is 5.69 Å². The van der Waals surface area contributed by atoms with Crippen LogP contribution in [0.15, 0.2) is 35.4 Å². The van der Waals surface area contributed by atoms with Gasteiger partial charge in [-0.3, -0.25) is 4.79 Å². The molecule has 150 valence electrons. The van der Waals surface area contributed by atoms with E-state index in [1.165, 1.54) is 4.68 Å². The molecule has 0 spiro atoms. The third-order valence-corrected chi connectivity index (χ3v) is 4.89. The third-order valence-electron chi connectivity index (χ3n) is 4.48. The number of unbranched alkanes of at least 4 members (excludes halogenated alkanes) is 2. The Morgan fingerprint density at radius 1 is 1.25 bits per heavy atom. The second-order valence-corrected chi connectivity index (χ2v) is 7.46. The van der Waals surface area contributed by atoms with Crippen LogP contribution in [0.2, 0.25) is 5.15 Å². The highest BCUT2D eigenvalue weighted by Gasteiger charge is 2.25. The summed E-state index contributed by atoms with van der Waals surface area (Å²) in [4.78, 5) is 12.2. The molecule has 0 atom stereocenters. The van der Waals surface area contributed by atoms with Gasteiger partial charge in [0.15, 0.2) is 5.78 Å². The zero-order chi connectivity index (χ0) is 20.8. The number of hydrogen-bond donors (Lipinski definition) is 2. The van der Waals surface area contributed by atoms with Gasteiger partial charge in [-0.15, -0.1) is 4.68 Å². The van der Waals surface area contributed by atoms with Crippen LogP contribution in [-0.4, -0.2) is 27.7 Å². The van der Waals surface area contributed by atoms with Crippen molar-refractivity contribution in [1.29, 1.82) is 0 Å². The number of carbonyl (C=O) groups is 1. The van der Waals surface area contributed by atoms with Crippen LogP contribution in [0, 0.1) is 5.92 Å². The van der Waals surface area contributed by atoms with Crippen LogP contribution >= 0.6 is 11.6 Å². The van der Waals surface area contributed by atoms with Crippen LogP contribution in [0.4, 0.5) is 5.82 Å². The molecule has 4 N–H and O–H groups in total. The first kappa shape index (κ1) is 21.7. The maximum Gasteiger partial charge on any atom is 0.313 e. The van der Waals surface area contributed by atoms with Crippen molar-refractivity contribution in [2.75, 3.05) is 0 Å². The van der Waals surface area contributed by atoms with Gasteiger partial charge >= 0.3 is 5.82 Å². The quantitative estimate of drug-likeness (QED) is 0.164. The Hall–Kier alpha value is -2.60. The van der Waals surface area contributed by atoms with E-state index in [9.17, 15) is 4.79 Å². The molecule has 1 heterocycles. The van der Waals surface area contributed by atoms with Crippen LogP contribution in [0.25, 0.3) is 5.69 Å². The molecule has 2 aromatic rings. The zero-order valence-corrected chi connectivity index (χ0v) is 17.5. The molecule has 2 rings (SSSR count). The first-order valence-corrected chi connectivity index (χ1v) is 9.89. The Balaban J connectivity index is 2.49. The molecule has 0 fully saturated rings. The molecule has 0 saturated carbocycles. The Bertz CT molecular complexity index is 877. The van der Waals surface area contributed by atoms with Crippen molar-refractivity contribution in [3.05, 3.63) is 46.6 Å². The fraction of sp³-hybridized carbons (Fsp3) is 0.381. The van der Waals surface area contributed by atoms with Crippen molar-refractivity contribution in [3.63, 3.8) is 0 Å². The van der Waals surface area contributed by atoms with Gasteiger partial charge in [0.2, 0.25) is 11.1 Å². The number of rotatable bonds is 9. The number of aromatic nitrogens is 1. The maximum atomic E-state index is 12.2. The van der Waals surface area contributed by atoms with Crippen LogP contribution in [-0.2, 0) is 6.42 Å². The Kier molecular flexibility index (Phi) is 7.40. The molecule has 0 aliphatic heterocycles. The number of carbonyl (C=O) groups excluding carboxylic acids is 1. The van der Waals surface area contributed by atoms with E-state index in [0.29, 0.717) is 16.5 Å². The minimum Gasteiger partial charge on any atom is -0.367 e. The van der Waals surface area contributed by atoms with Crippen molar-refractivity contribution in [2.24, 2.45) is 22.5 Å².